The molecule has 2 rings (SSSR count). The number of nitrogens with one attached hydrogen (secondary N) is 2. The van der Waals surface area contributed by atoms with E-state index >= 15 is 0 Å². The number of para-hydroxylation sites is 1. The monoisotopic (exact) mass is 308 g/mol. The normalized spacial score (nSPS) is 19.4. The fraction of sp³-hybridized carbons (Fsp3) is 0.562. The lowest BCUT2D eigenvalue weighted by Gasteiger charge is -2.21. The third-order valence-electron chi connectivity index (χ3n) is 3.94. The number of carbonyl (C=O) groups excluding carboxylic acids is 1. The van der Waals surface area contributed by atoms with Crippen molar-refractivity contribution in [3.8, 4) is 5.75 Å². The molecule has 0 radical (unpaired) electrons. The molecule has 4 nitrogen and oxygen atoms in total. The van der Waals surface area contributed by atoms with E-state index in [0.29, 0.717) is 36.4 Å². The predicted octanol–water partition coefficient (Wildman–Crippen LogP) is 1.92. The molecule has 2 atom stereocenters. The lowest BCUT2D eigenvalue weighted by molar-refractivity contribution is -0.121. The lowest BCUT2D eigenvalue weighted by Crippen LogP contribution is -2.37. The molecule has 0 aliphatic carbocycles. The minimum Gasteiger partial charge on any atom is -0.508 e. The zero-order valence-electron chi connectivity index (χ0n) is 12.5. The Morgan fingerprint density at radius 1 is 1.52 bits per heavy atom. The smallest absolute Gasteiger partial charge is 0.221 e. The highest BCUT2D eigenvalue weighted by molar-refractivity contribution is 7.99. The Morgan fingerprint density at radius 2 is 2.33 bits per heavy atom. The minimum atomic E-state index is 0.0958. The largest absolute Gasteiger partial charge is 0.508 e. The van der Waals surface area contributed by atoms with Crippen molar-refractivity contribution in [3.63, 3.8) is 0 Å². The Morgan fingerprint density at radius 3 is 3.00 bits per heavy atom. The molecule has 3 N–H and O–H groups in total. The molecule has 1 saturated heterocycles. The fourth-order valence-corrected chi connectivity index (χ4v) is 3.61. The maximum absolute atomic E-state index is 12.0. The van der Waals surface area contributed by atoms with Crippen LogP contribution in [-0.2, 0) is 11.2 Å². The Balaban J connectivity index is 1.72. The second kappa shape index (κ2) is 8.29. The van der Waals surface area contributed by atoms with Crippen molar-refractivity contribution >= 4 is 17.7 Å². The summed E-state index contributed by atoms with van der Waals surface area (Å²) in [6.45, 7) is 1.63. The van der Waals surface area contributed by atoms with Gasteiger partial charge in [-0.25, -0.2) is 0 Å². The lowest BCUT2D eigenvalue weighted by atomic mass is 10.1. The van der Waals surface area contributed by atoms with Gasteiger partial charge < -0.3 is 15.7 Å². The van der Waals surface area contributed by atoms with Crippen molar-refractivity contribution in [1.29, 1.82) is 0 Å². The number of rotatable bonds is 7. The van der Waals surface area contributed by atoms with Gasteiger partial charge in [-0.15, -0.1) is 0 Å². The van der Waals surface area contributed by atoms with Crippen LogP contribution in [0.3, 0.4) is 0 Å². The van der Waals surface area contributed by atoms with Crippen molar-refractivity contribution < 1.29 is 9.90 Å². The van der Waals surface area contributed by atoms with Crippen molar-refractivity contribution in [2.75, 3.05) is 19.3 Å². The molecule has 0 spiro atoms. The Kier molecular flexibility index (Phi) is 6.39. The summed E-state index contributed by atoms with van der Waals surface area (Å²) in [5.41, 5.74) is 0.872. The molecule has 1 aliphatic heterocycles. The highest BCUT2D eigenvalue weighted by atomic mass is 32.2. The third kappa shape index (κ3) is 4.93. The van der Waals surface area contributed by atoms with E-state index in [2.05, 4.69) is 16.9 Å². The van der Waals surface area contributed by atoms with Crippen molar-refractivity contribution in [1.82, 2.24) is 10.6 Å². The maximum Gasteiger partial charge on any atom is 0.221 e. The topological polar surface area (TPSA) is 61.4 Å². The molecule has 5 heteroatoms. The predicted molar refractivity (Wildman–Crippen MR) is 87.8 cm³/mol. The molecule has 1 amide bonds. The Bertz CT molecular complexity index is 461. The van der Waals surface area contributed by atoms with Crippen LogP contribution in [0.1, 0.15) is 24.8 Å². The molecule has 116 valence electrons. The third-order valence-corrected chi connectivity index (χ3v) is 5.05. The van der Waals surface area contributed by atoms with Crippen LogP contribution in [0.2, 0.25) is 0 Å². The van der Waals surface area contributed by atoms with Crippen molar-refractivity contribution in [3.05, 3.63) is 29.8 Å². The number of hydrogen-bond acceptors (Lipinski definition) is 4. The number of thioether (sulfide) groups is 1. The Hall–Kier alpha value is -1.20. The molecule has 0 bridgehead atoms. The van der Waals surface area contributed by atoms with Crippen LogP contribution >= 0.6 is 11.8 Å². The van der Waals surface area contributed by atoms with E-state index in [-0.39, 0.29) is 5.91 Å². The van der Waals surface area contributed by atoms with Crippen LogP contribution < -0.4 is 10.6 Å². The van der Waals surface area contributed by atoms with Crippen LogP contribution in [-0.4, -0.2) is 41.7 Å². The zero-order chi connectivity index (χ0) is 15.1. The van der Waals surface area contributed by atoms with E-state index in [1.165, 1.54) is 6.42 Å². The molecule has 0 aromatic heterocycles. The van der Waals surface area contributed by atoms with E-state index in [1.54, 1.807) is 23.9 Å². The molecule has 0 saturated carbocycles. The highest BCUT2D eigenvalue weighted by Gasteiger charge is 2.25. The summed E-state index contributed by atoms with van der Waals surface area (Å²) in [5.74, 6) is 0.391. The van der Waals surface area contributed by atoms with Crippen LogP contribution in [0.4, 0.5) is 0 Å². The molecule has 2 unspecified atom stereocenters. The standard InChI is InChI=1S/C16H24N2O2S/c1-21-15(13-6-4-9-17-13)11-16(20)18-10-8-12-5-2-3-7-14(12)19/h2-3,5,7,13,15,17,19H,4,6,8-11H2,1H3,(H,18,20). The van der Waals surface area contributed by atoms with E-state index in [1.807, 2.05) is 12.1 Å². The van der Waals surface area contributed by atoms with Gasteiger partial charge in [0.05, 0.1) is 0 Å². The number of carbonyl (C=O) groups is 1. The van der Waals surface area contributed by atoms with Crippen molar-refractivity contribution in [2.24, 2.45) is 0 Å². The van der Waals surface area contributed by atoms with Gasteiger partial charge in [0.2, 0.25) is 5.91 Å². The first-order valence-electron chi connectivity index (χ1n) is 7.50. The average Bonchev–Trinajstić information content (AvgIpc) is 3.01. The summed E-state index contributed by atoms with van der Waals surface area (Å²) in [7, 11) is 0. The van der Waals surface area contributed by atoms with Gasteiger partial charge in [0.1, 0.15) is 5.75 Å². The van der Waals surface area contributed by atoms with Crippen LogP contribution in [0.25, 0.3) is 0 Å². The van der Waals surface area contributed by atoms with Crippen LogP contribution in [0.5, 0.6) is 5.75 Å². The molecular formula is C16H24N2O2S. The summed E-state index contributed by atoms with van der Waals surface area (Å²) in [6.07, 6.45) is 5.65. The summed E-state index contributed by atoms with van der Waals surface area (Å²) in [4.78, 5) is 12.0. The molecule has 1 aliphatic rings. The highest BCUT2D eigenvalue weighted by Crippen LogP contribution is 2.22. The minimum absolute atomic E-state index is 0.0958. The maximum atomic E-state index is 12.0. The first kappa shape index (κ1) is 16.2. The second-order valence-electron chi connectivity index (χ2n) is 5.41. The van der Waals surface area contributed by atoms with E-state index in [9.17, 15) is 9.90 Å². The van der Waals surface area contributed by atoms with Gasteiger partial charge in [0.25, 0.3) is 0 Å². The molecule has 1 heterocycles. The second-order valence-corrected chi connectivity index (χ2v) is 6.49. The first-order valence-corrected chi connectivity index (χ1v) is 8.79. The van der Waals surface area contributed by atoms with Crippen LogP contribution in [0.15, 0.2) is 24.3 Å². The van der Waals surface area contributed by atoms with Gasteiger partial charge in [-0.05, 0) is 43.7 Å². The van der Waals surface area contributed by atoms with Gasteiger partial charge in [-0.3, -0.25) is 4.79 Å². The van der Waals surface area contributed by atoms with E-state index in [4.69, 9.17) is 0 Å². The summed E-state index contributed by atoms with van der Waals surface area (Å²) < 4.78 is 0. The van der Waals surface area contributed by atoms with Gasteiger partial charge in [-0.1, -0.05) is 18.2 Å². The summed E-state index contributed by atoms with van der Waals surface area (Å²) in [5, 5.41) is 16.4. The summed E-state index contributed by atoms with van der Waals surface area (Å²) >= 11 is 1.76. The van der Waals surface area contributed by atoms with Crippen LogP contribution in [0, 0.1) is 0 Å². The number of benzene rings is 1. The average molecular weight is 308 g/mol. The molecule has 21 heavy (non-hydrogen) atoms. The van der Waals surface area contributed by atoms with Crippen molar-refractivity contribution in [2.45, 2.75) is 37.0 Å². The SMILES string of the molecule is CSC(CC(=O)NCCc1ccccc1O)C1CCCN1. The van der Waals surface area contributed by atoms with Gasteiger partial charge in [-0.2, -0.15) is 11.8 Å². The molecule has 1 aromatic rings. The fourth-order valence-electron chi connectivity index (χ4n) is 2.73. The number of hydrogen-bond donors (Lipinski definition) is 3. The molecule has 1 aromatic carbocycles. The summed E-state index contributed by atoms with van der Waals surface area (Å²) in [6, 6.07) is 7.71. The molecular weight excluding hydrogens is 284 g/mol. The zero-order valence-corrected chi connectivity index (χ0v) is 13.3. The van der Waals surface area contributed by atoms with Gasteiger partial charge >= 0.3 is 0 Å². The number of aromatic hydroxyl groups is 1. The van der Waals surface area contributed by atoms with Gasteiger partial charge in [0.15, 0.2) is 0 Å². The number of amides is 1. The van der Waals surface area contributed by atoms with E-state index < -0.39 is 0 Å². The van der Waals surface area contributed by atoms with Gasteiger partial charge in [0, 0.05) is 24.3 Å². The quantitative estimate of drug-likeness (QED) is 0.720. The molecule has 1 fully saturated rings. The number of phenolic OH excluding ortho intramolecular Hbond substituents is 1. The first-order chi connectivity index (χ1) is 10.2. The van der Waals surface area contributed by atoms with E-state index in [0.717, 1.165) is 18.5 Å². The number of phenols is 1. The Labute approximate surface area is 130 Å².